The second kappa shape index (κ2) is 6.66. The third-order valence-corrected chi connectivity index (χ3v) is 4.18. The van der Waals surface area contributed by atoms with E-state index in [4.69, 9.17) is 8.92 Å². The van der Waals surface area contributed by atoms with E-state index >= 15 is 0 Å². The minimum atomic E-state index is -3.95. The number of hydrogen-bond donors (Lipinski definition) is 0. The third kappa shape index (κ3) is 5.31. The van der Waals surface area contributed by atoms with Crippen LogP contribution in [-0.4, -0.2) is 38.3 Å². The van der Waals surface area contributed by atoms with Crippen LogP contribution in [-0.2, 0) is 19.0 Å². The fraction of sp³-hybridized carbons (Fsp3) is 0.533. The molecule has 0 heterocycles. The molecule has 0 bridgehead atoms. The van der Waals surface area contributed by atoms with Crippen molar-refractivity contribution in [3.8, 4) is 0 Å². The molecule has 0 aromatic heterocycles. The molecule has 0 radical (unpaired) electrons. The summed E-state index contributed by atoms with van der Waals surface area (Å²) in [6.45, 7) is 8.51. The summed E-state index contributed by atoms with van der Waals surface area (Å²) in [7, 11) is -2.53. The van der Waals surface area contributed by atoms with Crippen LogP contribution in [0.15, 0.2) is 29.2 Å². The molecule has 6 nitrogen and oxygen atoms in total. The molecule has 0 aliphatic heterocycles. The van der Waals surface area contributed by atoms with E-state index in [-0.39, 0.29) is 4.90 Å². The Morgan fingerprint density at radius 3 is 2.14 bits per heavy atom. The highest BCUT2D eigenvalue weighted by Gasteiger charge is 2.27. The van der Waals surface area contributed by atoms with Crippen molar-refractivity contribution in [1.82, 2.24) is 4.90 Å². The van der Waals surface area contributed by atoms with Gasteiger partial charge in [0.15, 0.2) is 6.23 Å². The Morgan fingerprint density at radius 1 is 1.18 bits per heavy atom. The molecule has 1 rings (SSSR count). The second-order valence-corrected chi connectivity index (χ2v) is 7.63. The smallest absolute Gasteiger partial charge is 0.412 e. The quantitative estimate of drug-likeness (QED) is 0.627. The highest BCUT2D eigenvalue weighted by Crippen LogP contribution is 2.17. The molecule has 0 aliphatic rings. The highest BCUT2D eigenvalue weighted by atomic mass is 32.2. The third-order valence-electron chi connectivity index (χ3n) is 2.80. The molecule has 22 heavy (non-hydrogen) atoms. The first-order valence-corrected chi connectivity index (χ1v) is 8.29. The largest absolute Gasteiger partial charge is 0.444 e. The van der Waals surface area contributed by atoms with Crippen LogP contribution in [0.25, 0.3) is 0 Å². The molecule has 1 amide bonds. The van der Waals surface area contributed by atoms with Gasteiger partial charge in [0.25, 0.3) is 10.1 Å². The Balaban J connectivity index is 2.80. The number of ether oxygens (including phenoxy) is 1. The number of carbonyl (C=O) groups excluding carboxylic acids is 1. The molecular weight excluding hydrogens is 306 g/mol. The van der Waals surface area contributed by atoms with E-state index in [0.29, 0.717) is 0 Å². The zero-order valence-corrected chi connectivity index (χ0v) is 14.6. The summed E-state index contributed by atoms with van der Waals surface area (Å²) >= 11 is 0. The Morgan fingerprint density at radius 2 is 1.68 bits per heavy atom. The highest BCUT2D eigenvalue weighted by molar-refractivity contribution is 7.86. The minimum Gasteiger partial charge on any atom is -0.444 e. The van der Waals surface area contributed by atoms with Crippen molar-refractivity contribution in [2.75, 3.05) is 7.05 Å². The normalized spacial score (nSPS) is 13.5. The summed E-state index contributed by atoms with van der Waals surface area (Å²) in [5, 5.41) is 0. The molecule has 124 valence electrons. The molecule has 0 saturated heterocycles. The number of aryl methyl sites for hydroxylation is 1. The van der Waals surface area contributed by atoms with Crippen molar-refractivity contribution in [1.29, 1.82) is 0 Å². The van der Waals surface area contributed by atoms with Gasteiger partial charge in [-0.2, -0.15) is 8.42 Å². The maximum Gasteiger partial charge on any atom is 0.412 e. The van der Waals surface area contributed by atoms with Crippen molar-refractivity contribution in [2.24, 2.45) is 0 Å². The summed E-state index contributed by atoms with van der Waals surface area (Å²) in [5.74, 6) is 0. The molecule has 1 aromatic carbocycles. The van der Waals surface area contributed by atoms with Crippen molar-refractivity contribution in [3.63, 3.8) is 0 Å². The first kappa shape index (κ1) is 18.4. The van der Waals surface area contributed by atoms with E-state index in [1.165, 1.54) is 26.1 Å². The molecule has 0 saturated carbocycles. The SMILES string of the molecule is Cc1ccc(S(=O)(=O)OC(C)N(C)C(=O)OC(C)(C)C)cc1. The number of amides is 1. The second-order valence-electron chi connectivity index (χ2n) is 6.05. The molecule has 7 heteroatoms. The van der Waals surface area contributed by atoms with E-state index in [1.54, 1.807) is 32.9 Å². The van der Waals surface area contributed by atoms with Crippen LogP contribution in [0.1, 0.15) is 33.3 Å². The fourth-order valence-electron chi connectivity index (χ4n) is 1.49. The van der Waals surface area contributed by atoms with E-state index in [1.807, 2.05) is 6.92 Å². The van der Waals surface area contributed by atoms with Gasteiger partial charge in [-0.05, 0) is 46.8 Å². The molecule has 1 aromatic rings. The van der Waals surface area contributed by atoms with Gasteiger partial charge in [0.1, 0.15) is 5.60 Å². The molecule has 0 spiro atoms. The monoisotopic (exact) mass is 329 g/mol. The van der Waals surface area contributed by atoms with Crippen molar-refractivity contribution in [2.45, 2.75) is 51.3 Å². The van der Waals surface area contributed by atoms with E-state index in [0.717, 1.165) is 10.5 Å². The number of hydrogen-bond acceptors (Lipinski definition) is 5. The van der Waals surface area contributed by atoms with Gasteiger partial charge in [0.2, 0.25) is 0 Å². The lowest BCUT2D eigenvalue weighted by molar-refractivity contribution is -0.00310. The molecule has 1 atom stereocenters. The lowest BCUT2D eigenvalue weighted by atomic mass is 10.2. The fourth-order valence-corrected chi connectivity index (χ4v) is 2.57. The van der Waals surface area contributed by atoms with Crippen LogP contribution < -0.4 is 0 Å². The van der Waals surface area contributed by atoms with Gasteiger partial charge in [-0.15, -0.1) is 0 Å². The van der Waals surface area contributed by atoms with Gasteiger partial charge >= 0.3 is 6.09 Å². The zero-order valence-electron chi connectivity index (χ0n) is 13.8. The summed E-state index contributed by atoms with van der Waals surface area (Å²) in [4.78, 5) is 13.0. The van der Waals surface area contributed by atoms with Gasteiger partial charge < -0.3 is 4.74 Å². The van der Waals surface area contributed by atoms with Crippen LogP contribution in [0.3, 0.4) is 0 Å². The predicted molar refractivity (Wildman–Crippen MR) is 82.9 cm³/mol. The Labute approximate surface area is 132 Å². The molecule has 0 fully saturated rings. The van der Waals surface area contributed by atoms with Crippen LogP contribution in [0.2, 0.25) is 0 Å². The van der Waals surface area contributed by atoms with Gasteiger partial charge in [-0.25, -0.2) is 8.98 Å². The lowest BCUT2D eigenvalue weighted by Crippen LogP contribution is -2.41. The Bertz CT molecular complexity index is 616. The first-order chi connectivity index (χ1) is 9.92. The van der Waals surface area contributed by atoms with Crippen LogP contribution >= 0.6 is 0 Å². The maximum absolute atomic E-state index is 12.2. The summed E-state index contributed by atoms with van der Waals surface area (Å²) in [6, 6.07) is 6.28. The van der Waals surface area contributed by atoms with Gasteiger partial charge in [0.05, 0.1) is 4.90 Å². The van der Waals surface area contributed by atoms with Crippen molar-refractivity contribution in [3.05, 3.63) is 29.8 Å². The van der Waals surface area contributed by atoms with Crippen molar-refractivity contribution >= 4 is 16.2 Å². The van der Waals surface area contributed by atoms with Gasteiger partial charge in [-0.3, -0.25) is 4.90 Å². The lowest BCUT2D eigenvalue weighted by Gasteiger charge is -2.28. The molecule has 0 N–H and O–H groups in total. The number of rotatable bonds is 4. The average Bonchev–Trinajstić information content (AvgIpc) is 2.35. The molecule has 1 unspecified atom stereocenters. The van der Waals surface area contributed by atoms with Gasteiger partial charge in [-0.1, -0.05) is 17.7 Å². The zero-order chi connectivity index (χ0) is 17.1. The van der Waals surface area contributed by atoms with Crippen LogP contribution in [0.4, 0.5) is 4.79 Å². The van der Waals surface area contributed by atoms with E-state index < -0.39 is 28.0 Å². The first-order valence-electron chi connectivity index (χ1n) is 6.88. The summed E-state index contributed by atoms with van der Waals surface area (Å²) in [5.41, 5.74) is 0.277. The van der Waals surface area contributed by atoms with Gasteiger partial charge in [0, 0.05) is 7.05 Å². The number of nitrogens with zero attached hydrogens (tertiary/aromatic N) is 1. The van der Waals surface area contributed by atoms with Crippen molar-refractivity contribution < 1.29 is 22.1 Å². The van der Waals surface area contributed by atoms with Crippen LogP contribution in [0.5, 0.6) is 0 Å². The topological polar surface area (TPSA) is 72.9 Å². The number of carbonyl (C=O) groups is 1. The standard InChI is InChI=1S/C15H23NO5S/c1-11-7-9-13(10-8-11)22(18,19)21-12(2)16(6)14(17)20-15(3,4)5/h7-10,12H,1-6H3. The Kier molecular flexibility index (Phi) is 5.59. The minimum absolute atomic E-state index is 0.0440. The molecule has 0 aliphatic carbocycles. The summed E-state index contributed by atoms with van der Waals surface area (Å²) in [6.07, 6.45) is -1.64. The van der Waals surface area contributed by atoms with Crippen LogP contribution in [0, 0.1) is 6.92 Å². The number of benzene rings is 1. The molecular formula is C15H23NO5S. The average molecular weight is 329 g/mol. The van der Waals surface area contributed by atoms with E-state index in [2.05, 4.69) is 0 Å². The Hall–Kier alpha value is -1.60. The summed E-state index contributed by atoms with van der Waals surface area (Å²) < 4.78 is 34.6. The van der Waals surface area contributed by atoms with E-state index in [9.17, 15) is 13.2 Å². The maximum atomic E-state index is 12.2. The predicted octanol–water partition coefficient (Wildman–Crippen LogP) is 2.91.